The summed E-state index contributed by atoms with van der Waals surface area (Å²) in [6, 6.07) is 12.7. The SMILES string of the molecule is COc1ccc2nccc([C@H](O)C[C@H](C3CC(c4cc(C)ccc4F)C3)C3CCNCC3C(=O)O)c2c1. The minimum absolute atomic E-state index is 0.0103. The van der Waals surface area contributed by atoms with Crippen LogP contribution < -0.4 is 10.1 Å². The first kappa shape index (κ1) is 25.6. The number of pyridine rings is 1. The first-order valence-electron chi connectivity index (χ1n) is 13.2. The molecular weight excluding hydrogens is 471 g/mol. The number of methoxy groups -OCH3 is 1. The molecule has 2 aromatic carbocycles. The van der Waals surface area contributed by atoms with Gasteiger partial charge in [-0.25, -0.2) is 4.39 Å². The van der Waals surface area contributed by atoms with E-state index in [2.05, 4.69) is 10.3 Å². The molecule has 1 saturated carbocycles. The lowest BCUT2D eigenvalue weighted by Gasteiger charge is -2.47. The van der Waals surface area contributed by atoms with E-state index < -0.39 is 18.0 Å². The van der Waals surface area contributed by atoms with Crippen LogP contribution in [0.2, 0.25) is 0 Å². The lowest BCUT2D eigenvalue weighted by Crippen LogP contribution is -2.47. The summed E-state index contributed by atoms with van der Waals surface area (Å²) in [7, 11) is 1.61. The third kappa shape index (κ3) is 5.20. The van der Waals surface area contributed by atoms with E-state index in [9.17, 15) is 19.4 Å². The van der Waals surface area contributed by atoms with Gasteiger partial charge in [0.05, 0.1) is 24.6 Å². The number of aromatic nitrogens is 1. The van der Waals surface area contributed by atoms with Gasteiger partial charge < -0.3 is 20.3 Å². The molecule has 2 heterocycles. The molecule has 5 rings (SSSR count). The number of carboxylic acid groups (broad SMARTS) is 1. The number of aryl methyl sites for hydroxylation is 1. The summed E-state index contributed by atoms with van der Waals surface area (Å²) in [6.45, 7) is 3.17. The minimum Gasteiger partial charge on any atom is -0.497 e. The van der Waals surface area contributed by atoms with E-state index in [1.54, 1.807) is 19.4 Å². The van der Waals surface area contributed by atoms with Crippen LogP contribution in [0.3, 0.4) is 0 Å². The molecule has 2 aliphatic rings. The average Bonchev–Trinajstić information content (AvgIpc) is 2.88. The van der Waals surface area contributed by atoms with E-state index in [1.807, 2.05) is 37.3 Å². The molecule has 37 heavy (non-hydrogen) atoms. The van der Waals surface area contributed by atoms with E-state index in [1.165, 1.54) is 6.07 Å². The van der Waals surface area contributed by atoms with Gasteiger partial charge in [-0.2, -0.15) is 0 Å². The van der Waals surface area contributed by atoms with Crippen molar-refractivity contribution in [3.05, 3.63) is 71.2 Å². The Morgan fingerprint density at radius 3 is 2.78 bits per heavy atom. The summed E-state index contributed by atoms with van der Waals surface area (Å²) in [6.07, 6.45) is 3.74. The van der Waals surface area contributed by atoms with Crippen LogP contribution in [-0.2, 0) is 4.79 Å². The Labute approximate surface area is 216 Å². The number of aliphatic carboxylic acids is 1. The molecule has 3 N–H and O–H groups in total. The number of hydrogen-bond donors (Lipinski definition) is 3. The third-order valence-electron chi connectivity index (χ3n) is 8.61. The van der Waals surface area contributed by atoms with Gasteiger partial charge in [-0.15, -0.1) is 0 Å². The Morgan fingerprint density at radius 2 is 2.03 bits per heavy atom. The number of halogens is 1. The fraction of sp³-hybridized carbons (Fsp3) is 0.467. The number of benzene rings is 2. The van der Waals surface area contributed by atoms with E-state index in [4.69, 9.17) is 4.74 Å². The highest BCUT2D eigenvalue weighted by atomic mass is 19.1. The molecule has 1 saturated heterocycles. The highest BCUT2D eigenvalue weighted by Gasteiger charge is 2.45. The standard InChI is InChI=1S/C30H35FN2O4/c1-17-3-5-27(31)24(11-17)19-12-18(13-19)23(21-7-9-32-16-26(21)30(35)36)15-29(34)22-8-10-33-28-6-4-20(37-2)14-25(22)28/h3-6,8,10-11,14,18-19,21,23,26,29,32,34H,7,9,12-13,15-16H2,1-2H3,(H,35,36)/t18?,19?,21?,23-,26?,29-/m1/s1. The van der Waals surface area contributed by atoms with Gasteiger partial charge in [0.1, 0.15) is 11.6 Å². The number of nitrogens with zero attached hydrogens (tertiary/aromatic N) is 1. The number of aliphatic hydroxyl groups excluding tert-OH is 1. The van der Waals surface area contributed by atoms with Crippen LogP contribution in [-0.4, -0.2) is 41.4 Å². The van der Waals surface area contributed by atoms with Crippen LogP contribution in [0.25, 0.3) is 10.9 Å². The topological polar surface area (TPSA) is 91.7 Å². The molecule has 0 amide bonds. The van der Waals surface area contributed by atoms with E-state index in [0.29, 0.717) is 18.7 Å². The zero-order valence-electron chi connectivity index (χ0n) is 21.4. The molecule has 0 radical (unpaired) electrons. The number of piperidine rings is 1. The first-order valence-corrected chi connectivity index (χ1v) is 13.2. The van der Waals surface area contributed by atoms with Gasteiger partial charge in [-0.1, -0.05) is 17.7 Å². The highest BCUT2D eigenvalue weighted by Crippen LogP contribution is 2.52. The Morgan fingerprint density at radius 1 is 1.22 bits per heavy atom. The van der Waals surface area contributed by atoms with Crippen molar-refractivity contribution in [2.75, 3.05) is 20.2 Å². The van der Waals surface area contributed by atoms with Crippen molar-refractivity contribution < 1.29 is 24.1 Å². The smallest absolute Gasteiger partial charge is 0.308 e. The molecule has 0 bridgehead atoms. The summed E-state index contributed by atoms with van der Waals surface area (Å²) in [5, 5.41) is 25.6. The molecule has 196 valence electrons. The second-order valence-electron chi connectivity index (χ2n) is 10.8. The van der Waals surface area contributed by atoms with Crippen molar-refractivity contribution in [2.45, 2.75) is 44.6 Å². The lowest BCUT2D eigenvalue weighted by atomic mass is 9.59. The van der Waals surface area contributed by atoms with Crippen molar-refractivity contribution in [2.24, 2.45) is 23.7 Å². The Kier molecular flexibility index (Phi) is 7.45. The predicted molar refractivity (Wildman–Crippen MR) is 140 cm³/mol. The molecule has 2 unspecified atom stereocenters. The third-order valence-corrected chi connectivity index (χ3v) is 8.61. The summed E-state index contributed by atoms with van der Waals surface area (Å²) in [5.74, 6) is -0.468. The van der Waals surface area contributed by atoms with Crippen molar-refractivity contribution in [3.63, 3.8) is 0 Å². The Balaban J connectivity index is 1.43. The fourth-order valence-corrected chi connectivity index (χ4v) is 6.57. The lowest BCUT2D eigenvalue weighted by molar-refractivity contribution is -0.146. The number of aliphatic hydroxyl groups is 1. The summed E-state index contributed by atoms with van der Waals surface area (Å²) >= 11 is 0. The fourth-order valence-electron chi connectivity index (χ4n) is 6.57. The van der Waals surface area contributed by atoms with E-state index >= 15 is 0 Å². The highest BCUT2D eigenvalue weighted by molar-refractivity contribution is 5.83. The first-order chi connectivity index (χ1) is 17.9. The van der Waals surface area contributed by atoms with Gasteiger partial charge >= 0.3 is 5.97 Å². The molecule has 3 aromatic rings. The normalized spacial score (nSPS) is 25.3. The Bertz CT molecular complexity index is 1280. The van der Waals surface area contributed by atoms with Crippen molar-refractivity contribution in [1.29, 1.82) is 0 Å². The number of ether oxygens (including phenoxy) is 1. The van der Waals surface area contributed by atoms with Gasteiger partial charge in [0.15, 0.2) is 0 Å². The molecule has 0 spiro atoms. The monoisotopic (exact) mass is 506 g/mol. The van der Waals surface area contributed by atoms with Crippen LogP contribution in [0.5, 0.6) is 5.75 Å². The van der Waals surface area contributed by atoms with Crippen LogP contribution >= 0.6 is 0 Å². The van der Waals surface area contributed by atoms with Gasteiger partial charge in [0.2, 0.25) is 0 Å². The molecule has 4 atom stereocenters. The maximum Gasteiger partial charge on any atom is 0.308 e. The van der Waals surface area contributed by atoms with Crippen molar-refractivity contribution >= 4 is 16.9 Å². The molecule has 1 aliphatic carbocycles. The largest absolute Gasteiger partial charge is 0.497 e. The van der Waals surface area contributed by atoms with Gasteiger partial charge in [-0.3, -0.25) is 9.78 Å². The maximum atomic E-state index is 14.6. The van der Waals surface area contributed by atoms with E-state index in [-0.39, 0.29) is 29.5 Å². The maximum absolute atomic E-state index is 14.6. The number of hydrogen-bond acceptors (Lipinski definition) is 5. The molecule has 1 aromatic heterocycles. The van der Waals surface area contributed by atoms with Crippen LogP contribution in [0.4, 0.5) is 4.39 Å². The van der Waals surface area contributed by atoms with Gasteiger partial charge in [-0.05, 0) is 104 Å². The number of nitrogens with one attached hydrogen (secondary N) is 1. The predicted octanol–water partition coefficient (Wildman–Crippen LogP) is 5.23. The molecule has 7 heteroatoms. The summed E-state index contributed by atoms with van der Waals surface area (Å²) in [4.78, 5) is 16.6. The second kappa shape index (κ2) is 10.8. The number of fused-ring (bicyclic) bond motifs is 1. The van der Waals surface area contributed by atoms with Crippen LogP contribution in [0, 0.1) is 36.4 Å². The zero-order valence-corrected chi connectivity index (χ0v) is 21.4. The van der Waals surface area contributed by atoms with Gasteiger partial charge in [0.25, 0.3) is 0 Å². The average molecular weight is 507 g/mol. The summed E-state index contributed by atoms with van der Waals surface area (Å²) < 4.78 is 20.0. The van der Waals surface area contributed by atoms with Crippen LogP contribution in [0.15, 0.2) is 48.7 Å². The van der Waals surface area contributed by atoms with E-state index in [0.717, 1.165) is 53.4 Å². The molecular formula is C30H35FN2O4. The second-order valence-corrected chi connectivity index (χ2v) is 10.8. The zero-order chi connectivity index (χ0) is 26.1. The number of rotatable bonds is 8. The molecule has 1 aliphatic heterocycles. The van der Waals surface area contributed by atoms with Gasteiger partial charge in [0, 0.05) is 18.1 Å². The summed E-state index contributed by atoms with van der Waals surface area (Å²) in [5.41, 5.74) is 3.34. The van der Waals surface area contributed by atoms with Crippen molar-refractivity contribution in [3.8, 4) is 5.75 Å². The molecule has 6 nitrogen and oxygen atoms in total. The minimum atomic E-state index is -0.795. The number of carboxylic acids is 1. The quantitative estimate of drug-likeness (QED) is 0.387. The Hall–Kier alpha value is -3.03. The van der Waals surface area contributed by atoms with Crippen molar-refractivity contribution in [1.82, 2.24) is 10.3 Å². The molecule has 2 fully saturated rings. The number of carbonyl (C=O) groups is 1. The van der Waals surface area contributed by atoms with Crippen LogP contribution in [0.1, 0.15) is 54.4 Å².